The van der Waals surface area contributed by atoms with Gasteiger partial charge in [-0.3, -0.25) is 25.1 Å². The number of aromatic nitrogens is 4. The molecule has 1 aliphatic rings. The number of rotatable bonds is 3. The van der Waals surface area contributed by atoms with E-state index in [1.54, 1.807) is 10.9 Å². The lowest BCUT2D eigenvalue weighted by Crippen LogP contribution is -2.41. The van der Waals surface area contributed by atoms with Crippen molar-refractivity contribution in [2.24, 2.45) is 7.05 Å². The number of pyridine rings is 1. The van der Waals surface area contributed by atoms with Crippen molar-refractivity contribution in [3.63, 3.8) is 0 Å². The quantitative estimate of drug-likeness (QED) is 0.469. The number of carbonyl (C=O) groups is 2. The molecule has 146 valence electrons. The predicted molar refractivity (Wildman–Crippen MR) is 108 cm³/mol. The first-order valence-corrected chi connectivity index (χ1v) is 9.54. The SMILES string of the molecule is Cc1nn(C)c2nc(C3CC3)cc(C(=O)NNC(=O)c3c[nH]c4ccccc34)c12. The van der Waals surface area contributed by atoms with Gasteiger partial charge >= 0.3 is 0 Å². The molecule has 0 atom stereocenters. The van der Waals surface area contributed by atoms with E-state index in [4.69, 9.17) is 4.98 Å². The van der Waals surface area contributed by atoms with Crippen molar-refractivity contribution in [3.8, 4) is 0 Å². The molecule has 8 nitrogen and oxygen atoms in total. The van der Waals surface area contributed by atoms with Gasteiger partial charge in [0.25, 0.3) is 11.8 Å². The summed E-state index contributed by atoms with van der Waals surface area (Å²) in [5.41, 5.74) is 9.18. The second-order valence-corrected chi connectivity index (χ2v) is 7.43. The van der Waals surface area contributed by atoms with Crippen molar-refractivity contribution >= 4 is 33.8 Å². The molecule has 4 aromatic rings. The summed E-state index contributed by atoms with van der Waals surface area (Å²) in [5, 5.41) is 5.91. The Balaban J connectivity index is 1.43. The Kier molecular flexibility index (Phi) is 3.87. The summed E-state index contributed by atoms with van der Waals surface area (Å²) in [6.45, 7) is 1.85. The van der Waals surface area contributed by atoms with Crippen LogP contribution in [0.5, 0.6) is 0 Å². The van der Waals surface area contributed by atoms with E-state index < -0.39 is 0 Å². The highest BCUT2D eigenvalue weighted by molar-refractivity contribution is 6.10. The summed E-state index contributed by atoms with van der Waals surface area (Å²) in [6.07, 6.45) is 3.79. The fourth-order valence-corrected chi connectivity index (χ4v) is 3.74. The third kappa shape index (κ3) is 2.93. The average Bonchev–Trinajstić information content (AvgIpc) is 3.42. The average molecular weight is 388 g/mol. The van der Waals surface area contributed by atoms with Crippen LogP contribution in [0.2, 0.25) is 0 Å². The van der Waals surface area contributed by atoms with Gasteiger partial charge in [0.2, 0.25) is 0 Å². The van der Waals surface area contributed by atoms with Crippen LogP contribution in [-0.2, 0) is 7.05 Å². The monoisotopic (exact) mass is 388 g/mol. The maximum atomic E-state index is 13.0. The number of aromatic amines is 1. The third-order valence-electron chi connectivity index (χ3n) is 5.35. The largest absolute Gasteiger partial charge is 0.360 e. The summed E-state index contributed by atoms with van der Waals surface area (Å²) in [7, 11) is 1.82. The Hall–Kier alpha value is -3.68. The van der Waals surface area contributed by atoms with Gasteiger partial charge in [-0.15, -0.1) is 0 Å². The third-order valence-corrected chi connectivity index (χ3v) is 5.35. The zero-order chi connectivity index (χ0) is 20.1. The van der Waals surface area contributed by atoms with Gasteiger partial charge in [0.1, 0.15) is 0 Å². The van der Waals surface area contributed by atoms with Crippen LogP contribution in [0.4, 0.5) is 0 Å². The van der Waals surface area contributed by atoms with E-state index in [9.17, 15) is 9.59 Å². The Labute approximate surface area is 166 Å². The number of hydrogen-bond donors (Lipinski definition) is 3. The molecular weight excluding hydrogens is 368 g/mol. The molecule has 29 heavy (non-hydrogen) atoms. The molecule has 0 bridgehead atoms. The Morgan fingerprint density at radius 1 is 1.14 bits per heavy atom. The van der Waals surface area contributed by atoms with E-state index >= 15 is 0 Å². The lowest BCUT2D eigenvalue weighted by molar-refractivity contribution is 0.0848. The van der Waals surface area contributed by atoms with Gasteiger partial charge in [-0.1, -0.05) is 18.2 Å². The van der Waals surface area contributed by atoms with E-state index in [1.807, 2.05) is 44.3 Å². The van der Waals surface area contributed by atoms with Crippen LogP contribution in [0.3, 0.4) is 0 Å². The number of fused-ring (bicyclic) bond motifs is 2. The second kappa shape index (κ2) is 6.44. The number of carbonyl (C=O) groups excluding carboxylic acids is 2. The van der Waals surface area contributed by atoms with Gasteiger partial charge in [-0.2, -0.15) is 5.10 Å². The standard InChI is InChI=1S/C21H20N6O2/c1-11-18-14(9-17(12-7-8-12)23-19(18)27(2)26-11)20(28)24-25-21(29)15-10-22-16-6-4-3-5-13(15)16/h3-6,9-10,12,22H,7-8H2,1-2H3,(H,24,28)(H,25,29). The molecule has 1 fully saturated rings. The summed E-state index contributed by atoms with van der Waals surface area (Å²) in [6, 6.07) is 9.33. The molecule has 3 heterocycles. The number of para-hydroxylation sites is 1. The van der Waals surface area contributed by atoms with Crippen molar-refractivity contribution < 1.29 is 9.59 Å². The van der Waals surface area contributed by atoms with Crippen LogP contribution in [0.1, 0.15) is 50.9 Å². The molecule has 0 spiro atoms. The first-order chi connectivity index (χ1) is 14.0. The molecule has 1 aliphatic carbocycles. The van der Waals surface area contributed by atoms with Crippen LogP contribution < -0.4 is 10.9 Å². The van der Waals surface area contributed by atoms with E-state index in [-0.39, 0.29) is 11.8 Å². The lowest BCUT2D eigenvalue weighted by atomic mass is 10.1. The molecule has 2 amide bonds. The predicted octanol–water partition coefficient (Wildman–Crippen LogP) is 2.71. The maximum absolute atomic E-state index is 13.0. The van der Waals surface area contributed by atoms with Crippen LogP contribution in [0.25, 0.3) is 21.9 Å². The van der Waals surface area contributed by atoms with Gasteiger partial charge in [0.05, 0.1) is 22.2 Å². The molecule has 5 rings (SSSR count). The minimum absolute atomic E-state index is 0.383. The number of nitrogens with one attached hydrogen (secondary N) is 3. The summed E-state index contributed by atoms with van der Waals surface area (Å²) >= 11 is 0. The van der Waals surface area contributed by atoms with E-state index in [0.29, 0.717) is 28.1 Å². The van der Waals surface area contributed by atoms with Gasteiger partial charge in [0.15, 0.2) is 5.65 Å². The Morgan fingerprint density at radius 2 is 1.86 bits per heavy atom. The lowest BCUT2D eigenvalue weighted by Gasteiger charge is -2.10. The number of H-pyrrole nitrogens is 1. The van der Waals surface area contributed by atoms with Gasteiger partial charge < -0.3 is 4.98 Å². The zero-order valence-electron chi connectivity index (χ0n) is 16.1. The minimum atomic E-state index is -0.386. The highest BCUT2D eigenvalue weighted by atomic mass is 16.2. The molecule has 1 saturated carbocycles. The van der Waals surface area contributed by atoms with Crippen molar-refractivity contribution in [2.45, 2.75) is 25.7 Å². The molecule has 0 saturated heterocycles. The number of aryl methyl sites for hydroxylation is 2. The van der Waals surface area contributed by atoms with E-state index in [0.717, 1.165) is 35.1 Å². The van der Waals surface area contributed by atoms with Crippen molar-refractivity contribution in [1.82, 2.24) is 30.6 Å². The van der Waals surface area contributed by atoms with Crippen molar-refractivity contribution in [1.29, 1.82) is 0 Å². The number of amides is 2. The number of hydrogen-bond acceptors (Lipinski definition) is 4. The summed E-state index contributed by atoms with van der Waals surface area (Å²) in [5.74, 6) is -0.378. The fourth-order valence-electron chi connectivity index (χ4n) is 3.74. The van der Waals surface area contributed by atoms with Crippen LogP contribution in [0.15, 0.2) is 36.5 Å². The zero-order valence-corrected chi connectivity index (χ0v) is 16.1. The molecule has 1 aromatic carbocycles. The number of hydrazine groups is 1. The Bertz CT molecular complexity index is 1280. The number of nitrogens with zero attached hydrogens (tertiary/aromatic N) is 3. The van der Waals surface area contributed by atoms with Crippen molar-refractivity contribution in [3.05, 3.63) is 59.0 Å². The maximum Gasteiger partial charge on any atom is 0.271 e. The van der Waals surface area contributed by atoms with Crippen LogP contribution in [0, 0.1) is 6.92 Å². The normalized spacial score (nSPS) is 13.7. The van der Waals surface area contributed by atoms with Gasteiger partial charge in [-0.05, 0) is 31.9 Å². The molecule has 0 unspecified atom stereocenters. The highest BCUT2D eigenvalue weighted by Crippen LogP contribution is 2.40. The number of benzene rings is 1. The topological polar surface area (TPSA) is 105 Å². The minimum Gasteiger partial charge on any atom is -0.360 e. The molecule has 3 N–H and O–H groups in total. The molecular formula is C21H20N6O2. The summed E-state index contributed by atoms with van der Waals surface area (Å²) in [4.78, 5) is 33.3. The first-order valence-electron chi connectivity index (χ1n) is 9.54. The molecule has 3 aromatic heterocycles. The van der Waals surface area contributed by atoms with Gasteiger partial charge in [-0.25, -0.2) is 4.98 Å². The summed E-state index contributed by atoms with van der Waals surface area (Å²) < 4.78 is 1.69. The van der Waals surface area contributed by atoms with Crippen LogP contribution in [-0.4, -0.2) is 31.6 Å². The first kappa shape index (κ1) is 17.4. The van der Waals surface area contributed by atoms with E-state index in [1.165, 1.54) is 0 Å². The molecule has 8 heteroatoms. The van der Waals surface area contributed by atoms with Gasteiger partial charge in [0, 0.05) is 35.8 Å². The molecule has 0 aliphatic heterocycles. The fraction of sp³-hybridized carbons (Fsp3) is 0.238. The smallest absolute Gasteiger partial charge is 0.271 e. The molecule has 0 radical (unpaired) electrons. The van der Waals surface area contributed by atoms with Crippen molar-refractivity contribution in [2.75, 3.05) is 0 Å². The van der Waals surface area contributed by atoms with E-state index in [2.05, 4.69) is 20.9 Å². The second-order valence-electron chi connectivity index (χ2n) is 7.43. The Morgan fingerprint density at radius 3 is 2.62 bits per heavy atom. The van der Waals surface area contributed by atoms with Crippen LogP contribution >= 0.6 is 0 Å². The highest BCUT2D eigenvalue weighted by Gasteiger charge is 2.28.